The summed E-state index contributed by atoms with van der Waals surface area (Å²) in [6.07, 6.45) is 43.5. The van der Waals surface area contributed by atoms with E-state index in [1.165, 1.54) is 109 Å². The zero-order chi connectivity index (χ0) is 40.7. The van der Waals surface area contributed by atoms with Gasteiger partial charge in [-0.2, -0.15) is 0 Å². The van der Waals surface area contributed by atoms with Crippen LogP contribution in [-0.2, 0) is 28.6 Å². The highest BCUT2D eigenvalue weighted by Gasteiger charge is 2.25. The van der Waals surface area contributed by atoms with Crippen molar-refractivity contribution in [2.75, 3.05) is 41.0 Å². The van der Waals surface area contributed by atoms with Crippen molar-refractivity contribution in [2.45, 2.75) is 206 Å². The van der Waals surface area contributed by atoms with Crippen LogP contribution < -0.4 is 5.11 Å². The monoisotopic (exact) mass is 776 g/mol. The molecule has 8 nitrogen and oxygen atoms in total. The number of hydrogen-bond donors (Lipinski definition) is 0. The molecule has 0 aliphatic carbocycles. The van der Waals surface area contributed by atoms with Gasteiger partial charge in [0.05, 0.1) is 40.3 Å². The number of unbranched alkanes of at least 4 members (excludes halogenated alkanes) is 20. The van der Waals surface area contributed by atoms with Crippen molar-refractivity contribution >= 4 is 17.9 Å². The van der Waals surface area contributed by atoms with Crippen molar-refractivity contribution in [3.8, 4) is 0 Å². The summed E-state index contributed by atoms with van der Waals surface area (Å²) < 4.78 is 17.0. The third-order valence-electron chi connectivity index (χ3n) is 10.0. The highest BCUT2D eigenvalue weighted by atomic mass is 16.6. The molecule has 0 fully saturated rings. The summed E-state index contributed by atoms with van der Waals surface area (Å²) >= 11 is 0. The van der Waals surface area contributed by atoms with Gasteiger partial charge < -0.3 is 28.6 Å². The number of aliphatic carboxylic acids is 1. The van der Waals surface area contributed by atoms with E-state index in [2.05, 4.69) is 44.2 Å². The first-order chi connectivity index (χ1) is 26.6. The molecular weight excluding hydrogens is 691 g/mol. The molecule has 0 rings (SSSR count). The Morgan fingerprint density at radius 1 is 0.545 bits per heavy atom. The normalized spacial score (nSPS) is 13.3. The first-order valence-electron chi connectivity index (χ1n) is 22.5. The SMILES string of the molecule is CCCCCC/C=C/CCC(=O)OC(COCCC(C(=O)[O-])[N+](C)(C)C)COC(=O)CCCCCCCCC/C=C/C/C=C/CCCCCCCCCCC. The molecule has 0 aromatic heterocycles. The fourth-order valence-electron chi connectivity index (χ4n) is 6.47. The summed E-state index contributed by atoms with van der Waals surface area (Å²) in [5, 5.41) is 11.6. The average Bonchev–Trinajstić information content (AvgIpc) is 3.14. The molecule has 0 heterocycles. The fourth-order valence-corrected chi connectivity index (χ4v) is 6.47. The number of hydrogen-bond acceptors (Lipinski definition) is 7. The minimum Gasteiger partial charge on any atom is -0.544 e. The third-order valence-corrected chi connectivity index (χ3v) is 10.0. The Hall–Kier alpha value is -2.45. The van der Waals surface area contributed by atoms with Crippen LogP contribution in [0.1, 0.15) is 194 Å². The van der Waals surface area contributed by atoms with E-state index in [1.807, 2.05) is 6.08 Å². The van der Waals surface area contributed by atoms with Gasteiger partial charge in [-0.15, -0.1) is 0 Å². The Bertz CT molecular complexity index is 1000. The lowest BCUT2D eigenvalue weighted by Gasteiger charge is -2.34. The smallest absolute Gasteiger partial charge is 0.306 e. The highest BCUT2D eigenvalue weighted by molar-refractivity contribution is 5.70. The van der Waals surface area contributed by atoms with Crippen LogP contribution in [0.25, 0.3) is 0 Å². The number of carboxylic acids is 1. The maximum Gasteiger partial charge on any atom is 0.306 e. The van der Waals surface area contributed by atoms with Gasteiger partial charge in [0.2, 0.25) is 0 Å². The van der Waals surface area contributed by atoms with Crippen LogP contribution in [0.3, 0.4) is 0 Å². The van der Waals surface area contributed by atoms with Gasteiger partial charge in [-0.3, -0.25) is 9.59 Å². The number of quaternary nitrogens is 1. The van der Waals surface area contributed by atoms with Crippen LogP contribution in [0, 0.1) is 0 Å². The van der Waals surface area contributed by atoms with Crippen LogP contribution in [0.2, 0.25) is 0 Å². The predicted octanol–water partition coefficient (Wildman–Crippen LogP) is 10.9. The molecule has 2 unspecified atom stereocenters. The molecule has 0 N–H and O–H groups in total. The van der Waals surface area contributed by atoms with Crippen LogP contribution in [0.4, 0.5) is 0 Å². The van der Waals surface area contributed by atoms with Crippen molar-refractivity contribution in [1.82, 2.24) is 0 Å². The summed E-state index contributed by atoms with van der Waals surface area (Å²) in [4.78, 5) is 36.7. The Morgan fingerprint density at radius 3 is 1.51 bits per heavy atom. The van der Waals surface area contributed by atoms with E-state index in [9.17, 15) is 19.5 Å². The second-order valence-electron chi connectivity index (χ2n) is 16.3. The number of esters is 2. The van der Waals surface area contributed by atoms with Gasteiger partial charge in [-0.05, 0) is 57.8 Å². The lowest BCUT2D eigenvalue weighted by atomic mass is 10.1. The quantitative estimate of drug-likeness (QED) is 0.0264. The summed E-state index contributed by atoms with van der Waals surface area (Å²) in [5.74, 6) is -1.81. The Morgan fingerprint density at radius 2 is 1.00 bits per heavy atom. The van der Waals surface area contributed by atoms with E-state index < -0.39 is 18.1 Å². The van der Waals surface area contributed by atoms with Crippen LogP contribution in [0.5, 0.6) is 0 Å². The molecular formula is C47H85NO7. The number of likely N-dealkylation sites (N-methyl/N-ethyl adjacent to an activating group) is 1. The molecule has 2 atom stereocenters. The number of rotatable bonds is 40. The zero-order valence-corrected chi connectivity index (χ0v) is 36.3. The van der Waals surface area contributed by atoms with Gasteiger partial charge in [0, 0.05) is 19.3 Å². The molecule has 0 spiro atoms. The third kappa shape index (κ3) is 36.9. The molecule has 0 amide bonds. The molecule has 0 radical (unpaired) electrons. The Labute approximate surface area is 338 Å². The Kier molecular flexibility index (Phi) is 36.7. The van der Waals surface area contributed by atoms with Crippen molar-refractivity contribution in [1.29, 1.82) is 0 Å². The minimum absolute atomic E-state index is 0.0233. The number of nitrogens with zero attached hydrogens (tertiary/aromatic N) is 1. The van der Waals surface area contributed by atoms with Gasteiger partial charge in [0.1, 0.15) is 12.6 Å². The summed E-state index contributed by atoms with van der Waals surface area (Å²) in [5.41, 5.74) is 0. The van der Waals surface area contributed by atoms with Crippen LogP contribution in [0.15, 0.2) is 36.5 Å². The standard InChI is InChI=1S/C47H85NO7/c1-6-8-10-12-14-16-17-18-19-20-21-22-23-24-25-26-27-28-29-30-32-33-35-37-45(49)54-42-43(41-53-40-39-44(47(51)52)48(3,4)5)55-46(50)38-36-34-31-15-13-11-9-7-2/h21-22,24-25,31,34,43-44H,6-20,23,26-30,32-33,35-42H2,1-5H3/b22-21+,25-24+,34-31+. The number of carboxylic acid groups (broad SMARTS) is 1. The van der Waals surface area contributed by atoms with Gasteiger partial charge in [0.25, 0.3) is 0 Å². The topological polar surface area (TPSA) is 102 Å². The van der Waals surface area contributed by atoms with E-state index in [4.69, 9.17) is 14.2 Å². The van der Waals surface area contributed by atoms with E-state index in [0.717, 1.165) is 44.9 Å². The molecule has 0 aliphatic rings. The van der Waals surface area contributed by atoms with Crippen molar-refractivity contribution in [2.24, 2.45) is 0 Å². The number of allylic oxidation sites excluding steroid dienone is 6. The van der Waals surface area contributed by atoms with Crippen LogP contribution >= 0.6 is 0 Å². The highest BCUT2D eigenvalue weighted by Crippen LogP contribution is 2.13. The summed E-state index contributed by atoms with van der Waals surface area (Å²) in [6, 6.07) is -0.730. The molecule has 0 aromatic carbocycles. The van der Waals surface area contributed by atoms with Gasteiger partial charge in [-0.1, -0.05) is 153 Å². The number of ether oxygens (including phenoxy) is 3. The number of carbonyl (C=O) groups excluding carboxylic acids is 3. The zero-order valence-electron chi connectivity index (χ0n) is 36.3. The first kappa shape index (κ1) is 52.6. The lowest BCUT2D eigenvalue weighted by molar-refractivity contribution is -0.889. The average molecular weight is 776 g/mol. The molecule has 0 bridgehead atoms. The maximum absolute atomic E-state index is 12.6. The molecule has 0 aromatic rings. The second-order valence-corrected chi connectivity index (χ2v) is 16.3. The minimum atomic E-state index is -1.13. The maximum atomic E-state index is 12.6. The van der Waals surface area contributed by atoms with E-state index in [0.29, 0.717) is 12.8 Å². The van der Waals surface area contributed by atoms with Crippen LogP contribution in [-0.4, -0.2) is 75.5 Å². The molecule has 55 heavy (non-hydrogen) atoms. The summed E-state index contributed by atoms with van der Waals surface area (Å²) in [7, 11) is 5.38. The number of carbonyl (C=O) groups is 3. The van der Waals surface area contributed by atoms with Crippen molar-refractivity contribution in [3.05, 3.63) is 36.5 Å². The predicted molar refractivity (Wildman–Crippen MR) is 227 cm³/mol. The van der Waals surface area contributed by atoms with E-state index in [-0.39, 0.29) is 49.1 Å². The Balaban J connectivity index is 4.18. The fraction of sp³-hybridized carbons (Fsp3) is 0.809. The van der Waals surface area contributed by atoms with Gasteiger partial charge in [-0.25, -0.2) is 0 Å². The lowest BCUT2D eigenvalue weighted by Crippen LogP contribution is -2.55. The van der Waals surface area contributed by atoms with Gasteiger partial charge in [0.15, 0.2) is 6.10 Å². The van der Waals surface area contributed by atoms with E-state index >= 15 is 0 Å². The second kappa shape index (κ2) is 38.4. The largest absolute Gasteiger partial charge is 0.544 e. The first-order valence-corrected chi connectivity index (χ1v) is 22.5. The van der Waals surface area contributed by atoms with E-state index in [1.54, 1.807) is 21.1 Å². The molecule has 0 saturated heterocycles. The molecule has 0 aliphatic heterocycles. The molecule has 320 valence electrons. The summed E-state index contributed by atoms with van der Waals surface area (Å²) in [6.45, 7) is 4.57. The van der Waals surface area contributed by atoms with Gasteiger partial charge >= 0.3 is 11.9 Å². The van der Waals surface area contributed by atoms with Crippen molar-refractivity contribution < 1.29 is 38.2 Å². The van der Waals surface area contributed by atoms with Crippen molar-refractivity contribution in [3.63, 3.8) is 0 Å². The molecule has 0 saturated carbocycles. The molecule has 8 heteroatoms.